The summed E-state index contributed by atoms with van der Waals surface area (Å²) < 4.78 is 0. The number of Topliss-reactive ketones (excluding diaryl/α,β-unsaturated/α-hetero) is 1. The fourth-order valence-corrected chi connectivity index (χ4v) is 3.52. The zero-order valence-corrected chi connectivity index (χ0v) is 22.7. The van der Waals surface area contributed by atoms with Gasteiger partial charge in [0, 0.05) is 24.3 Å². The van der Waals surface area contributed by atoms with E-state index in [4.69, 9.17) is 18.0 Å². The number of alkyl halides is 1. The van der Waals surface area contributed by atoms with Crippen LogP contribution < -0.4 is 11.1 Å². The Balaban J connectivity index is 0.000000402. The van der Waals surface area contributed by atoms with Crippen LogP contribution in [0.3, 0.4) is 0 Å². The van der Waals surface area contributed by atoms with Crippen molar-refractivity contribution in [2.75, 3.05) is 23.7 Å². The molecule has 0 atom stereocenters. The van der Waals surface area contributed by atoms with E-state index in [0.29, 0.717) is 10.4 Å². The maximum atomic E-state index is 11.0. The summed E-state index contributed by atoms with van der Waals surface area (Å²) in [6.07, 6.45) is 1.04. The first kappa shape index (κ1) is 29.5. The van der Waals surface area contributed by atoms with E-state index in [0.717, 1.165) is 37.3 Å². The first-order valence-corrected chi connectivity index (χ1v) is 13.1. The zero-order chi connectivity index (χ0) is 25.2. The fourth-order valence-electron chi connectivity index (χ4n) is 3.08. The van der Waals surface area contributed by atoms with Gasteiger partial charge in [0.05, 0.1) is 5.33 Å². The lowest BCUT2D eigenvalue weighted by Crippen LogP contribution is -2.25. The molecule has 0 unspecified atom stereocenters. The Morgan fingerprint density at radius 3 is 1.97 bits per heavy atom. The molecule has 0 amide bonds. The van der Waals surface area contributed by atoms with Crippen LogP contribution in [0.25, 0.3) is 0 Å². The molecule has 0 heterocycles. The molecule has 0 aliphatic heterocycles. The Morgan fingerprint density at radius 1 is 0.912 bits per heavy atom. The molecule has 4 nitrogen and oxygen atoms in total. The summed E-state index contributed by atoms with van der Waals surface area (Å²) in [7, 11) is 0. The van der Waals surface area contributed by atoms with Gasteiger partial charge in [-0.1, -0.05) is 109 Å². The SMILES string of the molecule is CC.CCN(CCc1ccc(NC(N)=S)cc1)Cc1ccccc1.O=C(CBr)c1ccccc1. The number of hydrogen-bond acceptors (Lipinski definition) is 3. The second kappa shape index (κ2) is 17.9. The number of benzene rings is 3. The lowest BCUT2D eigenvalue weighted by atomic mass is 10.1. The topological polar surface area (TPSA) is 58.4 Å². The zero-order valence-electron chi connectivity index (χ0n) is 20.3. The van der Waals surface area contributed by atoms with Gasteiger partial charge in [-0.25, -0.2) is 0 Å². The highest BCUT2D eigenvalue weighted by Crippen LogP contribution is 2.11. The predicted octanol–water partition coefficient (Wildman–Crippen LogP) is 6.70. The second-order valence-electron chi connectivity index (χ2n) is 7.21. The number of anilines is 1. The Hall–Kier alpha value is -2.54. The van der Waals surface area contributed by atoms with Gasteiger partial charge in [-0.3, -0.25) is 9.69 Å². The third-order valence-electron chi connectivity index (χ3n) is 4.85. The third kappa shape index (κ3) is 12.1. The van der Waals surface area contributed by atoms with Gasteiger partial charge in [-0.05, 0) is 48.4 Å². The van der Waals surface area contributed by atoms with Crippen LogP contribution in [0.1, 0.15) is 42.3 Å². The highest BCUT2D eigenvalue weighted by atomic mass is 79.9. The summed E-state index contributed by atoms with van der Waals surface area (Å²) >= 11 is 7.94. The van der Waals surface area contributed by atoms with Gasteiger partial charge in [0.1, 0.15) is 0 Å². The van der Waals surface area contributed by atoms with Crippen LogP contribution in [0.4, 0.5) is 5.69 Å². The normalized spacial score (nSPS) is 9.79. The van der Waals surface area contributed by atoms with Crippen molar-refractivity contribution in [2.24, 2.45) is 5.73 Å². The highest BCUT2D eigenvalue weighted by molar-refractivity contribution is 9.09. The molecule has 3 N–H and O–H groups in total. The van der Waals surface area contributed by atoms with E-state index in [2.05, 4.69) is 75.5 Å². The molecule has 3 aromatic rings. The van der Waals surface area contributed by atoms with Crippen molar-refractivity contribution in [1.29, 1.82) is 0 Å². The van der Waals surface area contributed by atoms with Gasteiger partial charge < -0.3 is 11.1 Å². The summed E-state index contributed by atoms with van der Waals surface area (Å²) in [5.41, 5.74) is 9.85. The van der Waals surface area contributed by atoms with Crippen molar-refractivity contribution in [2.45, 2.75) is 33.7 Å². The summed E-state index contributed by atoms with van der Waals surface area (Å²) in [5.74, 6) is 0.126. The molecule has 0 aliphatic carbocycles. The number of thiocarbonyl (C=S) groups is 1. The van der Waals surface area contributed by atoms with Crippen LogP contribution in [0.5, 0.6) is 0 Å². The van der Waals surface area contributed by atoms with Gasteiger partial charge >= 0.3 is 0 Å². The van der Waals surface area contributed by atoms with Crippen LogP contribution >= 0.6 is 28.1 Å². The van der Waals surface area contributed by atoms with Gasteiger partial charge in [0.2, 0.25) is 0 Å². The lowest BCUT2D eigenvalue weighted by molar-refractivity contribution is 0.102. The van der Waals surface area contributed by atoms with Crippen molar-refractivity contribution in [3.8, 4) is 0 Å². The first-order valence-electron chi connectivity index (χ1n) is 11.6. The number of halogens is 1. The number of carbonyl (C=O) groups is 1. The summed E-state index contributed by atoms with van der Waals surface area (Å²) in [6, 6.07) is 28.1. The van der Waals surface area contributed by atoms with Crippen LogP contribution in [0.2, 0.25) is 0 Å². The molecule has 6 heteroatoms. The van der Waals surface area contributed by atoms with E-state index < -0.39 is 0 Å². The first-order chi connectivity index (χ1) is 16.5. The highest BCUT2D eigenvalue weighted by Gasteiger charge is 2.04. The van der Waals surface area contributed by atoms with Gasteiger partial charge in [-0.2, -0.15) is 0 Å². The third-order valence-corrected chi connectivity index (χ3v) is 5.46. The summed E-state index contributed by atoms with van der Waals surface area (Å²) in [4.78, 5) is 13.4. The van der Waals surface area contributed by atoms with E-state index in [1.807, 2.05) is 56.3 Å². The Morgan fingerprint density at radius 2 is 1.47 bits per heavy atom. The fraction of sp³-hybridized carbons (Fsp3) is 0.286. The molecule has 0 aliphatic rings. The number of nitrogens with one attached hydrogen (secondary N) is 1. The number of hydrogen-bond donors (Lipinski definition) is 2. The number of likely N-dealkylation sites (N-methyl/N-ethyl adjacent to an activating group) is 1. The molecular formula is C28H36BrN3OS. The van der Waals surface area contributed by atoms with Crippen LogP contribution in [0, 0.1) is 0 Å². The Kier molecular flexibility index (Phi) is 15.5. The largest absolute Gasteiger partial charge is 0.376 e. The van der Waals surface area contributed by atoms with Gasteiger partial charge in [0.15, 0.2) is 10.9 Å². The average Bonchev–Trinajstić information content (AvgIpc) is 2.89. The van der Waals surface area contributed by atoms with Crippen molar-refractivity contribution in [1.82, 2.24) is 4.90 Å². The molecule has 3 aromatic carbocycles. The van der Waals surface area contributed by atoms with E-state index >= 15 is 0 Å². The van der Waals surface area contributed by atoms with Crippen LogP contribution in [0.15, 0.2) is 84.9 Å². The van der Waals surface area contributed by atoms with E-state index in [9.17, 15) is 4.79 Å². The quantitative estimate of drug-likeness (QED) is 0.179. The maximum absolute atomic E-state index is 11.0. The number of nitrogens with zero attached hydrogens (tertiary/aromatic N) is 1. The Bertz CT molecular complexity index is 950. The van der Waals surface area contributed by atoms with Crippen LogP contribution in [-0.4, -0.2) is 34.2 Å². The Labute approximate surface area is 218 Å². The molecule has 182 valence electrons. The molecule has 0 saturated heterocycles. The summed E-state index contributed by atoms with van der Waals surface area (Å²) in [5, 5.41) is 3.64. The van der Waals surface area contributed by atoms with Crippen molar-refractivity contribution in [3.05, 3.63) is 102 Å². The second-order valence-corrected chi connectivity index (χ2v) is 8.21. The molecule has 0 fully saturated rings. The number of ketones is 1. The molecule has 0 radical (unpaired) electrons. The van der Waals surface area contributed by atoms with Crippen molar-refractivity contribution in [3.63, 3.8) is 0 Å². The van der Waals surface area contributed by atoms with E-state index in [1.54, 1.807) is 0 Å². The number of rotatable bonds is 9. The van der Waals surface area contributed by atoms with Gasteiger partial charge in [-0.15, -0.1) is 0 Å². The molecule has 3 rings (SSSR count). The molecule has 0 aromatic heterocycles. The molecule has 0 saturated carbocycles. The summed E-state index contributed by atoms with van der Waals surface area (Å²) in [6.45, 7) is 9.31. The maximum Gasteiger partial charge on any atom is 0.173 e. The minimum absolute atomic E-state index is 0.126. The standard InChI is InChI=1S/C18H23N3S.C8H7BrO.C2H6/c1-2-21(14-16-6-4-3-5-7-16)13-12-15-8-10-17(11-9-15)20-18(19)22;9-6-8(10)7-4-2-1-3-5-7;1-2/h3-11H,2,12-14H2,1H3,(H3,19,20,22);1-5H,6H2;1-2H3. The number of carbonyl (C=O) groups excluding carboxylic acids is 1. The minimum atomic E-state index is 0.126. The van der Waals surface area contributed by atoms with Crippen molar-refractivity contribution < 1.29 is 4.79 Å². The molecule has 0 spiro atoms. The average molecular weight is 543 g/mol. The van der Waals surface area contributed by atoms with E-state index in [1.165, 1.54) is 11.1 Å². The molecule has 34 heavy (non-hydrogen) atoms. The van der Waals surface area contributed by atoms with Crippen molar-refractivity contribution >= 4 is 44.7 Å². The van der Waals surface area contributed by atoms with E-state index in [-0.39, 0.29) is 5.78 Å². The predicted molar refractivity (Wildman–Crippen MR) is 154 cm³/mol. The van der Waals surface area contributed by atoms with Gasteiger partial charge in [0.25, 0.3) is 0 Å². The minimum Gasteiger partial charge on any atom is -0.376 e. The van der Waals surface area contributed by atoms with Crippen LogP contribution in [-0.2, 0) is 13.0 Å². The number of nitrogens with two attached hydrogens (primary N) is 1. The monoisotopic (exact) mass is 541 g/mol. The molecule has 0 bridgehead atoms. The molecular weight excluding hydrogens is 506 g/mol. The smallest absolute Gasteiger partial charge is 0.173 e. The lowest BCUT2D eigenvalue weighted by Gasteiger charge is -2.20.